The Balaban J connectivity index is 1.29. The molecule has 0 fully saturated rings. The number of hydrogen-bond acceptors (Lipinski definition) is 4. The van der Waals surface area contributed by atoms with E-state index < -0.39 is 0 Å². The third-order valence-corrected chi connectivity index (χ3v) is 12.3. The molecule has 0 amide bonds. The average molecular weight is 657 g/mol. The number of nitrogens with zero attached hydrogens (tertiary/aromatic N) is 2. The second-order valence-corrected chi connectivity index (χ2v) is 15.4. The smallest absolute Gasteiger partial charge is 0.171 e. The average Bonchev–Trinajstić information content (AvgIpc) is 3.89. The zero-order chi connectivity index (χ0) is 32.0. The van der Waals surface area contributed by atoms with E-state index in [9.17, 15) is 0 Å². The van der Waals surface area contributed by atoms with E-state index in [0.29, 0.717) is 0 Å². The third kappa shape index (κ3) is 3.43. The summed E-state index contributed by atoms with van der Waals surface area (Å²) < 4.78 is 23.5. The van der Waals surface area contributed by atoms with E-state index in [2.05, 4.69) is 134 Å². The van der Waals surface area contributed by atoms with Crippen LogP contribution in [0.4, 0.5) is 0 Å². The highest BCUT2D eigenvalue weighted by atomic mass is 32.1. The van der Waals surface area contributed by atoms with E-state index in [1.165, 1.54) is 62.9 Å². The number of hydrogen-bond donors (Lipinski definition) is 0. The molecular weight excluding hydrogens is 629 g/mol. The minimum Gasteiger partial charge on any atom is -0.453 e. The molecule has 6 heteroatoms. The molecule has 0 aliphatic rings. The highest BCUT2D eigenvalue weighted by Gasteiger charge is 2.27. The van der Waals surface area contributed by atoms with Gasteiger partial charge in [-0.3, -0.25) is 0 Å². The van der Waals surface area contributed by atoms with Gasteiger partial charge in [-0.05, 0) is 87.4 Å². The predicted molar refractivity (Wildman–Crippen MR) is 204 cm³/mol. The summed E-state index contributed by atoms with van der Waals surface area (Å²) in [6.45, 7) is 8.59. The van der Waals surface area contributed by atoms with Crippen LogP contribution in [0.5, 0.6) is 0 Å². The topological polar surface area (TPSA) is 36.1 Å². The van der Waals surface area contributed by atoms with Crippen LogP contribution in [0.2, 0.25) is 0 Å². The van der Waals surface area contributed by atoms with E-state index in [1.54, 1.807) is 0 Å². The van der Waals surface area contributed by atoms with Crippen LogP contribution in [0.3, 0.4) is 0 Å². The molecular formula is C42H28N2O2S2. The molecule has 0 N–H and O–H groups in total. The lowest BCUT2D eigenvalue weighted by atomic mass is 10.1. The molecule has 0 aliphatic heterocycles. The molecule has 0 saturated carbocycles. The molecule has 5 aromatic carbocycles. The molecule has 11 rings (SSSR count). The number of furan rings is 2. The van der Waals surface area contributed by atoms with Gasteiger partial charge in [-0.25, -0.2) is 0 Å². The van der Waals surface area contributed by atoms with Crippen molar-refractivity contribution in [2.45, 2.75) is 27.7 Å². The van der Waals surface area contributed by atoms with Gasteiger partial charge in [0.1, 0.15) is 22.2 Å². The highest BCUT2D eigenvalue weighted by molar-refractivity contribution is 7.27. The van der Waals surface area contributed by atoms with Crippen LogP contribution in [0.25, 0.3) is 96.1 Å². The second kappa shape index (κ2) is 9.19. The van der Waals surface area contributed by atoms with Gasteiger partial charge >= 0.3 is 0 Å². The van der Waals surface area contributed by atoms with Crippen LogP contribution in [-0.2, 0) is 0 Å². The monoisotopic (exact) mass is 656 g/mol. The number of fused-ring (bicyclic) bond motifs is 14. The van der Waals surface area contributed by atoms with Crippen molar-refractivity contribution in [2.24, 2.45) is 0 Å². The van der Waals surface area contributed by atoms with Gasteiger partial charge in [0.15, 0.2) is 11.2 Å². The van der Waals surface area contributed by atoms with Crippen molar-refractivity contribution < 1.29 is 8.83 Å². The molecule has 0 saturated heterocycles. The first kappa shape index (κ1) is 26.7. The van der Waals surface area contributed by atoms with E-state index in [4.69, 9.17) is 8.83 Å². The lowest BCUT2D eigenvalue weighted by molar-refractivity contribution is 0.668. The van der Waals surface area contributed by atoms with Crippen molar-refractivity contribution in [3.8, 4) is 11.4 Å². The standard InChI is InChI=1S/C42H28N2O2S2/c1-21-5-11-25(12-6-21)43-35-29-19-32-30(20-31(29)45-39(35)41-37(43)27-15-9-23(3)17-33(27)47-41)36-40(46-32)42-38(28-16-10-24(4)18-34(28)48-42)44(36)26-13-7-22(2)8-14-26/h5-20H,1-4H3. The van der Waals surface area contributed by atoms with Gasteiger partial charge in [0.05, 0.1) is 20.4 Å². The number of benzene rings is 5. The van der Waals surface area contributed by atoms with E-state index in [0.717, 1.165) is 55.5 Å². The minimum absolute atomic E-state index is 0.868. The molecule has 0 unspecified atom stereocenters. The number of aryl methyl sites for hydroxylation is 4. The molecule has 6 heterocycles. The Morgan fingerprint density at radius 1 is 0.417 bits per heavy atom. The highest BCUT2D eigenvalue weighted by Crippen LogP contribution is 2.50. The van der Waals surface area contributed by atoms with Crippen molar-refractivity contribution in [3.63, 3.8) is 0 Å². The van der Waals surface area contributed by atoms with Crippen LogP contribution in [0.15, 0.2) is 106 Å². The maximum Gasteiger partial charge on any atom is 0.171 e. The Hall–Kier alpha value is -5.30. The van der Waals surface area contributed by atoms with Crippen molar-refractivity contribution in [3.05, 3.63) is 119 Å². The summed E-state index contributed by atoms with van der Waals surface area (Å²) >= 11 is 3.63. The summed E-state index contributed by atoms with van der Waals surface area (Å²) in [6.07, 6.45) is 0. The molecule has 0 radical (unpaired) electrons. The zero-order valence-corrected chi connectivity index (χ0v) is 28.4. The Morgan fingerprint density at radius 3 is 1.23 bits per heavy atom. The summed E-state index contributed by atoms with van der Waals surface area (Å²) in [4.78, 5) is 0. The Morgan fingerprint density at radius 2 is 0.812 bits per heavy atom. The molecule has 0 aliphatic carbocycles. The first-order valence-electron chi connectivity index (χ1n) is 16.2. The maximum absolute atomic E-state index is 6.92. The molecule has 4 nitrogen and oxygen atoms in total. The minimum atomic E-state index is 0.868. The molecule has 48 heavy (non-hydrogen) atoms. The van der Waals surface area contributed by atoms with Gasteiger partial charge in [-0.2, -0.15) is 0 Å². The van der Waals surface area contributed by atoms with Crippen LogP contribution < -0.4 is 0 Å². The summed E-state index contributed by atoms with van der Waals surface area (Å²) in [6, 6.07) is 35.5. The maximum atomic E-state index is 6.92. The molecule has 6 aromatic heterocycles. The zero-order valence-electron chi connectivity index (χ0n) is 26.8. The first-order valence-corrected chi connectivity index (χ1v) is 17.9. The number of aromatic nitrogens is 2. The van der Waals surface area contributed by atoms with Gasteiger partial charge in [0.2, 0.25) is 0 Å². The summed E-state index contributed by atoms with van der Waals surface area (Å²) in [7, 11) is 0. The van der Waals surface area contributed by atoms with Gasteiger partial charge in [0, 0.05) is 42.3 Å². The van der Waals surface area contributed by atoms with Crippen molar-refractivity contribution >= 4 is 107 Å². The van der Waals surface area contributed by atoms with Gasteiger partial charge in [0.25, 0.3) is 0 Å². The van der Waals surface area contributed by atoms with Crippen molar-refractivity contribution in [1.82, 2.24) is 9.13 Å². The number of rotatable bonds is 2. The lowest BCUT2D eigenvalue weighted by Crippen LogP contribution is -1.94. The predicted octanol–water partition coefficient (Wildman–Crippen LogP) is 13.0. The van der Waals surface area contributed by atoms with Gasteiger partial charge in [-0.15, -0.1) is 22.7 Å². The summed E-state index contributed by atoms with van der Waals surface area (Å²) in [5.74, 6) is 0. The number of thiophene rings is 2. The normalized spacial score (nSPS) is 12.6. The van der Waals surface area contributed by atoms with Gasteiger partial charge in [-0.1, -0.05) is 59.7 Å². The Bertz CT molecular complexity index is 2920. The van der Waals surface area contributed by atoms with Crippen LogP contribution in [0, 0.1) is 27.7 Å². The second-order valence-electron chi connectivity index (χ2n) is 13.3. The van der Waals surface area contributed by atoms with Crippen LogP contribution >= 0.6 is 22.7 Å². The summed E-state index contributed by atoms with van der Waals surface area (Å²) in [5.41, 5.74) is 15.4. The lowest BCUT2D eigenvalue weighted by Gasteiger charge is -2.08. The molecule has 0 spiro atoms. The first-order chi connectivity index (χ1) is 23.4. The SMILES string of the molecule is Cc1ccc(-n2c3c4cc5oc6c7sc8cc(C)ccc8c7n(-c7ccc(C)cc7)c6c5cc4oc3c3sc4cc(C)ccc4c32)cc1. The fourth-order valence-corrected chi connectivity index (χ4v) is 10.2. The molecule has 0 bridgehead atoms. The molecule has 11 aromatic rings. The van der Waals surface area contributed by atoms with E-state index in [1.807, 2.05) is 22.7 Å². The molecule has 230 valence electrons. The van der Waals surface area contributed by atoms with Crippen LogP contribution in [0.1, 0.15) is 22.3 Å². The largest absolute Gasteiger partial charge is 0.453 e. The fraction of sp³-hybridized carbons (Fsp3) is 0.0952. The Labute approximate surface area is 282 Å². The third-order valence-electron chi connectivity index (χ3n) is 9.98. The van der Waals surface area contributed by atoms with Gasteiger partial charge < -0.3 is 18.0 Å². The van der Waals surface area contributed by atoms with Crippen molar-refractivity contribution in [1.29, 1.82) is 0 Å². The van der Waals surface area contributed by atoms with E-state index >= 15 is 0 Å². The quantitative estimate of drug-likeness (QED) is 0.186. The van der Waals surface area contributed by atoms with E-state index in [-0.39, 0.29) is 0 Å². The van der Waals surface area contributed by atoms with Crippen molar-refractivity contribution in [2.75, 3.05) is 0 Å². The molecule has 0 atom stereocenters. The Kier molecular flexibility index (Phi) is 5.12. The fourth-order valence-electron chi connectivity index (χ4n) is 7.67. The van der Waals surface area contributed by atoms with Crippen LogP contribution in [-0.4, -0.2) is 9.13 Å². The summed E-state index contributed by atoms with van der Waals surface area (Å²) in [5, 5.41) is 4.62.